The average molecular weight is 228 g/mol. The van der Waals surface area contributed by atoms with Gasteiger partial charge in [0.1, 0.15) is 0 Å². The van der Waals surface area contributed by atoms with Gasteiger partial charge in [-0.1, -0.05) is 42.5 Å². The number of hydrogen-bond acceptors (Lipinski definition) is 2. The van der Waals surface area contributed by atoms with E-state index in [2.05, 4.69) is 24.3 Å². The third-order valence-electron chi connectivity index (χ3n) is 3.69. The molecule has 1 aromatic carbocycles. The zero-order valence-electron chi connectivity index (χ0n) is 9.76. The maximum Gasteiger partial charge on any atom is 0.167 e. The zero-order valence-corrected chi connectivity index (χ0v) is 9.76. The van der Waals surface area contributed by atoms with Crippen LogP contribution in [0.15, 0.2) is 36.4 Å². The van der Waals surface area contributed by atoms with Crippen LogP contribution in [0.25, 0.3) is 6.08 Å². The van der Waals surface area contributed by atoms with Crippen molar-refractivity contribution in [1.82, 2.24) is 0 Å². The summed E-state index contributed by atoms with van der Waals surface area (Å²) in [5.74, 6) is 0.298. The van der Waals surface area contributed by atoms with Crippen LogP contribution in [0.4, 0.5) is 0 Å². The molecule has 2 aliphatic rings. The smallest absolute Gasteiger partial charge is 0.167 e. The van der Waals surface area contributed by atoms with E-state index in [0.717, 1.165) is 19.3 Å². The molecule has 0 bridgehead atoms. The van der Waals surface area contributed by atoms with Crippen molar-refractivity contribution in [3.8, 4) is 0 Å². The van der Waals surface area contributed by atoms with Crippen LogP contribution in [-0.2, 0) is 9.53 Å². The summed E-state index contributed by atoms with van der Waals surface area (Å²) < 4.78 is 5.61. The maximum absolute atomic E-state index is 11.8. The summed E-state index contributed by atoms with van der Waals surface area (Å²) in [7, 11) is 0. The number of epoxide rings is 1. The summed E-state index contributed by atoms with van der Waals surface area (Å²) in [6, 6.07) is 10.1. The zero-order chi connectivity index (χ0) is 11.7. The third kappa shape index (κ3) is 1.93. The quantitative estimate of drug-likeness (QED) is 0.744. The first-order valence-corrected chi connectivity index (χ1v) is 6.24. The molecule has 0 spiro atoms. The van der Waals surface area contributed by atoms with E-state index in [1.165, 1.54) is 5.56 Å². The van der Waals surface area contributed by atoms with Gasteiger partial charge in [-0.25, -0.2) is 0 Å². The van der Waals surface area contributed by atoms with Crippen molar-refractivity contribution in [2.24, 2.45) is 0 Å². The lowest BCUT2D eigenvalue weighted by Gasteiger charge is -2.13. The largest absolute Gasteiger partial charge is 0.357 e. The van der Waals surface area contributed by atoms with E-state index in [0.29, 0.717) is 12.2 Å². The van der Waals surface area contributed by atoms with Crippen LogP contribution in [0.1, 0.15) is 31.2 Å². The molecule has 0 amide bonds. The number of ketones is 1. The van der Waals surface area contributed by atoms with Crippen molar-refractivity contribution in [2.75, 3.05) is 0 Å². The molecule has 0 radical (unpaired) electrons. The van der Waals surface area contributed by atoms with Gasteiger partial charge >= 0.3 is 0 Å². The molecule has 0 N–H and O–H groups in total. The highest BCUT2D eigenvalue weighted by Gasteiger charge is 2.61. The number of Topliss-reactive ketones (excluding diaryl/α,β-unsaturated/α-hetero) is 1. The number of carbonyl (C=O) groups is 1. The number of fused-ring (bicyclic) bond motifs is 1. The standard InChI is InChI=1S/C15H16O2/c16-13-9-4-10-14-15(13,17-14)11-5-8-12-6-2-1-3-7-12/h1-3,5-8,14H,4,9-11H2/b8-5+/t14-,15+/m0/s1. The predicted octanol–water partition coefficient (Wildman–Crippen LogP) is 2.98. The number of hydrogen-bond donors (Lipinski definition) is 0. The van der Waals surface area contributed by atoms with Crippen molar-refractivity contribution in [1.29, 1.82) is 0 Å². The Morgan fingerprint density at radius 2 is 2.18 bits per heavy atom. The molecule has 1 saturated heterocycles. The highest BCUT2D eigenvalue weighted by Crippen LogP contribution is 2.48. The van der Waals surface area contributed by atoms with Gasteiger partial charge in [0.25, 0.3) is 0 Å². The lowest BCUT2D eigenvalue weighted by molar-refractivity contribution is -0.124. The molecule has 1 aliphatic heterocycles. The Labute approximate surface area is 101 Å². The molecule has 0 unspecified atom stereocenters. The minimum absolute atomic E-state index is 0.198. The van der Waals surface area contributed by atoms with Crippen LogP contribution in [0.3, 0.4) is 0 Å². The Kier molecular flexibility index (Phi) is 2.60. The summed E-state index contributed by atoms with van der Waals surface area (Å²) >= 11 is 0. The minimum atomic E-state index is -0.441. The summed E-state index contributed by atoms with van der Waals surface area (Å²) in [5, 5.41) is 0. The fraction of sp³-hybridized carbons (Fsp3) is 0.400. The molecule has 2 fully saturated rings. The number of rotatable bonds is 3. The second-order valence-corrected chi connectivity index (χ2v) is 4.83. The lowest BCUT2D eigenvalue weighted by atomic mass is 9.85. The first kappa shape index (κ1) is 10.7. The van der Waals surface area contributed by atoms with E-state index in [1.54, 1.807) is 0 Å². The molecule has 88 valence electrons. The fourth-order valence-corrected chi connectivity index (χ4v) is 2.64. The van der Waals surface area contributed by atoms with Crippen LogP contribution in [-0.4, -0.2) is 17.5 Å². The van der Waals surface area contributed by atoms with Crippen LogP contribution < -0.4 is 0 Å². The van der Waals surface area contributed by atoms with Crippen LogP contribution in [0.2, 0.25) is 0 Å². The van der Waals surface area contributed by atoms with Crippen LogP contribution >= 0.6 is 0 Å². The van der Waals surface area contributed by atoms with E-state index in [1.807, 2.05) is 18.2 Å². The molecular formula is C15H16O2. The molecule has 17 heavy (non-hydrogen) atoms. The van der Waals surface area contributed by atoms with E-state index in [-0.39, 0.29) is 6.10 Å². The van der Waals surface area contributed by atoms with Crippen molar-refractivity contribution in [3.05, 3.63) is 42.0 Å². The average Bonchev–Trinajstić information content (AvgIpc) is 3.07. The molecule has 1 aliphatic carbocycles. The van der Waals surface area contributed by atoms with Crippen molar-refractivity contribution in [3.63, 3.8) is 0 Å². The molecule has 1 aromatic rings. The molecule has 1 heterocycles. The van der Waals surface area contributed by atoms with Gasteiger partial charge in [0.15, 0.2) is 11.4 Å². The van der Waals surface area contributed by atoms with E-state index >= 15 is 0 Å². The highest BCUT2D eigenvalue weighted by atomic mass is 16.6. The molecular weight excluding hydrogens is 212 g/mol. The SMILES string of the molecule is O=C1CCC[C@@H]2O[C@]12C/C=C/c1ccccc1. The van der Waals surface area contributed by atoms with Crippen molar-refractivity contribution in [2.45, 2.75) is 37.4 Å². The van der Waals surface area contributed by atoms with Gasteiger partial charge in [0, 0.05) is 12.8 Å². The van der Waals surface area contributed by atoms with Crippen molar-refractivity contribution >= 4 is 11.9 Å². The molecule has 3 rings (SSSR count). The minimum Gasteiger partial charge on any atom is -0.357 e. The molecule has 2 nitrogen and oxygen atoms in total. The van der Waals surface area contributed by atoms with Gasteiger partial charge in [-0.15, -0.1) is 0 Å². The monoisotopic (exact) mass is 228 g/mol. The van der Waals surface area contributed by atoms with Crippen LogP contribution in [0.5, 0.6) is 0 Å². The van der Waals surface area contributed by atoms with Gasteiger partial charge in [-0.3, -0.25) is 4.79 Å². The second kappa shape index (κ2) is 4.11. The van der Waals surface area contributed by atoms with Gasteiger partial charge < -0.3 is 4.74 Å². The topological polar surface area (TPSA) is 29.6 Å². The highest BCUT2D eigenvalue weighted by molar-refractivity contribution is 5.91. The third-order valence-corrected chi connectivity index (χ3v) is 3.69. The van der Waals surface area contributed by atoms with Gasteiger partial charge in [-0.05, 0) is 18.4 Å². The Morgan fingerprint density at radius 1 is 1.35 bits per heavy atom. The number of ether oxygens (including phenoxy) is 1. The van der Waals surface area contributed by atoms with E-state index in [9.17, 15) is 4.79 Å². The van der Waals surface area contributed by atoms with E-state index in [4.69, 9.17) is 4.74 Å². The number of carbonyl (C=O) groups excluding carboxylic acids is 1. The maximum atomic E-state index is 11.8. The first-order valence-electron chi connectivity index (χ1n) is 6.24. The van der Waals surface area contributed by atoms with Crippen molar-refractivity contribution < 1.29 is 9.53 Å². The normalized spacial score (nSPS) is 31.5. The summed E-state index contributed by atoms with van der Waals surface area (Å²) in [6.07, 6.45) is 7.79. The summed E-state index contributed by atoms with van der Waals surface area (Å²) in [4.78, 5) is 11.8. The van der Waals surface area contributed by atoms with Gasteiger partial charge in [0.2, 0.25) is 0 Å². The Balaban J connectivity index is 1.65. The van der Waals surface area contributed by atoms with Gasteiger partial charge in [-0.2, -0.15) is 0 Å². The molecule has 2 atom stereocenters. The van der Waals surface area contributed by atoms with Crippen LogP contribution in [0, 0.1) is 0 Å². The Morgan fingerprint density at radius 3 is 2.94 bits per heavy atom. The van der Waals surface area contributed by atoms with Gasteiger partial charge in [0.05, 0.1) is 6.10 Å². The Bertz CT molecular complexity index is 449. The lowest BCUT2D eigenvalue weighted by Crippen LogP contribution is -2.30. The summed E-state index contributed by atoms with van der Waals surface area (Å²) in [5.41, 5.74) is 0.730. The first-order chi connectivity index (χ1) is 8.31. The molecule has 1 saturated carbocycles. The summed E-state index contributed by atoms with van der Waals surface area (Å²) in [6.45, 7) is 0. The molecule has 2 heteroatoms. The van der Waals surface area contributed by atoms with E-state index < -0.39 is 5.60 Å². The second-order valence-electron chi connectivity index (χ2n) is 4.83. The molecule has 0 aromatic heterocycles. The number of benzene rings is 1. The Hall–Kier alpha value is -1.41. The fourth-order valence-electron chi connectivity index (χ4n) is 2.64. The predicted molar refractivity (Wildman–Crippen MR) is 66.6 cm³/mol.